The Balaban J connectivity index is 2.10. The van der Waals surface area contributed by atoms with Gasteiger partial charge in [-0.05, 0) is 44.3 Å². The Labute approximate surface area is 144 Å². The van der Waals surface area contributed by atoms with Crippen LogP contribution in [0.3, 0.4) is 0 Å². The van der Waals surface area contributed by atoms with Crippen molar-refractivity contribution in [2.45, 2.75) is 26.9 Å². The molecule has 0 saturated heterocycles. The molecule has 1 unspecified atom stereocenters. The Kier molecular flexibility index (Phi) is 6.32. The Hall–Kier alpha value is -2.40. The SMILES string of the molecule is CCN(CC)CC(C)Oc1ccccc1Oc1ccc(N)c(N)c1. The number of hydrogen-bond acceptors (Lipinski definition) is 5. The quantitative estimate of drug-likeness (QED) is 0.722. The summed E-state index contributed by atoms with van der Waals surface area (Å²) in [5.74, 6) is 2.01. The third kappa shape index (κ3) is 4.80. The lowest BCUT2D eigenvalue weighted by molar-refractivity contribution is 0.150. The molecule has 0 bridgehead atoms. The molecule has 24 heavy (non-hydrogen) atoms. The number of para-hydroxylation sites is 2. The first kappa shape index (κ1) is 17.9. The number of likely N-dealkylation sites (N-methyl/N-ethyl adjacent to an activating group) is 1. The Morgan fingerprint density at radius 2 is 1.62 bits per heavy atom. The first-order chi connectivity index (χ1) is 11.5. The van der Waals surface area contributed by atoms with Crippen molar-refractivity contribution >= 4 is 11.4 Å². The fraction of sp³-hybridized carbons (Fsp3) is 0.368. The molecule has 0 radical (unpaired) electrons. The molecule has 2 aromatic rings. The van der Waals surface area contributed by atoms with Gasteiger partial charge in [0, 0.05) is 12.6 Å². The second kappa shape index (κ2) is 8.45. The van der Waals surface area contributed by atoms with Gasteiger partial charge in [-0.3, -0.25) is 0 Å². The summed E-state index contributed by atoms with van der Waals surface area (Å²) in [5.41, 5.74) is 12.6. The summed E-state index contributed by atoms with van der Waals surface area (Å²) in [6.45, 7) is 9.25. The molecule has 0 aliphatic carbocycles. The zero-order valence-electron chi connectivity index (χ0n) is 14.7. The molecular weight excluding hydrogens is 302 g/mol. The monoisotopic (exact) mass is 329 g/mol. The summed E-state index contributed by atoms with van der Waals surface area (Å²) in [5, 5.41) is 0. The van der Waals surface area contributed by atoms with Gasteiger partial charge in [0.15, 0.2) is 11.5 Å². The van der Waals surface area contributed by atoms with E-state index in [4.69, 9.17) is 20.9 Å². The van der Waals surface area contributed by atoms with Crippen LogP contribution in [-0.4, -0.2) is 30.6 Å². The summed E-state index contributed by atoms with van der Waals surface area (Å²) in [7, 11) is 0. The smallest absolute Gasteiger partial charge is 0.169 e. The number of benzene rings is 2. The third-order valence-corrected chi connectivity index (χ3v) is 3.87. The molecule has 0 amide bonds. The fourth-order valence-electron chi connectivity index (χ4n) is 2.47. The van der Waals surface area contributed by atoms with Crippen LogP contribution in [0.1, 0.15) is 20.8 Å². The number of nitrogens with two attached hydrogens (primary N) is 2. The van der Waals surface area contributed by atoms with Gasteiger partial charge in [-0.2, -0.15) is 0 Å². The Morgan fingerprint density at radius 1 is 0.958 bits per heavy atom. The van der Waals surface area contributed by atoms with E-state index >= 15 is 0 Å². The predicted octanol–water partition coefficient (Wildman–Crippen LogP) is 3.75. The molecule has 0 fully saturated rings. The van der Waals surface area contributed by atoms with Crippen LogP contribution in [0, 0.1) is 0 Å². The number of nitrogens with zero attached hydrogens (tertiary/aromatic N) is 1. The highest BCUT2D eigenvalue weighted by Crippen LogP contribution is 2.33. The first-order valence-electron chi connectivity index (χ1n) is 8.34. The zero-order valence-corrected chi connectivity index (χ0v) is 14.7. The van der Waals surface area contributed by atoms with Gasteiger partial charge in [-0.1, -0.05) is 26.0 Å². The van der Waals surface area contributed by atoms with Crippen molar-refractivity contribution < 1.29 is 9.47 Å². The van der Waals surface area contributed by atoms with Crippen LogP contribution in [0.2, 0.25) is 0 Å². The molecule has 0 heterocycles. The van der Waals surface area contributed by atoms with E-state index in [-0.39, 0.29) is 6.10 Å². The molecule has 0 saturated carbocycles. The summed E-state index contributed by atoms with van der Waals surface area (Å²) in [4.78, 5) is 2.33. The molecule has 5 heteroatoms. The van der Waals surface area contributed by atoms with Crippen LogP contribution in [0.15, 0.2) is 42.5 Å². The zero-order chi connectivity index (χ0) is 17.5. The molecule has 0 aliphatic heterocycles. The van der Waals surface area contributed by atoms with Crippen molar-refractivity contribution in [2.75, 3.05) is 31.1 Å². The predicted molar refractivity (Wildman–Crippen MR) is 99.7 cm³/mol. The number of rotatable bonds is 8. The fourth-order valence-corrected chi connectivity index (χ4v) is 2.47. The van der Waals surface area contributed by atoms with Gasteiger partial charge in [-0.25, -0.2) is 0 Å². The van der Waals surface area contributed by atoms with Gasteiger partial charge in [0.25, 0.3) is 0 Å². The maximum absolute atomic E-state index is 6.08. The highest BCUT2D eigenvalue weighted by molar-refractivity contribution is 5.65. The largest absolute Gasteiger partial charge is 0.485 e. The van der Waals surface area contributed by atoms with Crippen LogP contribution in [0.5, 0.6) is 17.2 Å². The van der Waals surface area contributed by atoms with E-state index in [0.717, 1.165) is 19.6 Å². The molecule has 5 nitrogen and oxygen atoms in total. The number of anilines is 2. The minimum absolute atomic E-state index is 0.0612. The second-order valence-corrected chi connectivity index (χ2v) is 5.75. The van der Waals surface area contributed by atoms with Gasteiger partial charge >= 0.3 is 0 Å². The van der Waals surface area contributed by atoms with Crippen molar-refractivity contribution in [2.24, 2.45) is 0 Å². The van der Waals surface area contributed by atoms with E-state index in [0.29, 0.717) is 28.6 Å². The molecule has 0 spiro atoms. The molecule has 130 valence electrons. The van der Waals surface area contributed by atoms with Gasteiger partial charge in [0.05, 0.1) is 11.4 Å². The van der Waals surface area contributed by atoms with Crippen molar-refractivity contribution in [3.63, 3.8) is 0 Å². The summed E-state index contributed by atoms with van der Waals surface area (Å²) in [6, 6.07) is 12.9. The summed E-state index contributed by atoms with van der Waals surface area (Å²) < 4.78 is 12.0. The van der Waals surface area contributed by atoms with Crippen LogP contribution in [0.4, 0.5) is 11.4 Å². The van der Waals surface area contributed by atoms with Gasteiger partial charge < -0.3 is 25.8 Å². The topological polar surface area (TPSA) is 73.7 Å². The Morgan fingerprint density at radius 3 is 2.25 bits per heavy atom. The highest BCUT2D eigenvalue weighted by atomic mass is 16.5. The number of ether oxygens (including phenoxy) is 2. The van der Waals surface area contributed by atoms with Gasteiger partial charge in [-0.15, -0.1) is 0 Å². The van der Waals surface area contributed by atoms with Crippen molar-refractivity contribution in [3.8, 4) is 17.2 Å². The van der Waals surface area contributed by atoms with Crippen molar-refractivity contribution in [1.82, 2.24) is 4.90 Å². The molecule has 1 atom stereocenters. The lowest BCUT2D eigenvalue weighted by atomic mass is 10.2. The summed E-state index contributed by atoms with van der Waals surface area (Å²) >= 11 is 0. The van der Waals surface area contributed by atoms with E-state index in [1.165, 1.54) is 0 Å². The maximum atomic E-state index is 6.08. The van der Waals surface area contributed by atoms with E-state index in [1.54, 1.807) is 18.2 Å². The van der Waals surface area contributed by atoms with Crippen molar-refractivity contribution in [1.29, 1.82) is 0 Å². The minimum atomic E-state index is 0.0612. The van der Waals surface area contributed by atoms with Crippen LogP contribution < -0.4 is 20.9 Å². The maximum Gasteiger partial charge on any atom is 0.169 e. The number of hydrogen-bond donors (Lipinski definition) is 2. The Bertz CT molecular complexity index is 657. The third-order valence-electron chi connectivity index (χ3n) is 3.87. The average molecular weight is 329 g/mol. The van der Waals surface area contributed by atoms with E-state index in [9.17, 15) is 0 Å². The number of nitrogen functional groups attached to an aromatic ring is 2. The molecular formula is C19H27N3O2. The lowest BCUT2D eigenvalue weighted by Gasteiger charge is -2.24. The van der Waals surface area contributed by atoms with E-state index in [1.807, 2.05) is 24.3 Å². The average Bonchev–Trinajstić information content (AvgIpc) is 2.57. The van der Waals surface area contributed by atoms with Crippen LogP contribution in [0.25, 0.3) is 0 Å². The van der Waals surface area contributed by atoms with E-state index < -0.39 is 0 Å². The van der Waals surface area contributed by atoms with E-state index in [2.05, 4.69) is 25.7 Å². The van der Waals surface area contributed by atoms with Crippen LogP contribution in [-0.2, 0) is 0 Å². The highest BCUT2D eigenvalue weighted by Gasteiger charge is 2.12. The molecule has 4 N–H and O–H groups in total. The second-order valence-electron chi connectivity index (χ2n) is 5.75. The van der Waals surface area contributed by atoms with Crippen molar-refractivity contribution in [3.05, 3.63) is 42.5 Å². The summed E-state index contributed by atoms with van der Waals surface area (Å²) in [6.07, 6.45) is 0.0612. The molecule has 2 rings (SSSR count). The lowest BCUT2D eigenvalue weighted by Crippen LogP contribution is -2.33. The molecule has 0 aliphatic rings. The van der Waals surface area contributed by atoms with Gasteiger partial charge in [0.1, 0.15) is 11.9 Å². The van der Waals surface area contributed by atoms with Gasteiger partial charge in [0.2, 0.25) is 0 Å². The molecule has 0 aromatic heterocycles. The first-order valence-corrected chi connectivity index (χ1v) is 8.34. The standard InChI is InChI=1S/C19H27N3O2/c1-4-22(5-2)13-14(3)23-18-8-6-7-9-19(18)24-15-10-11-16(20)17(21)12-15/h6-12,14H,4-5,13,20-21H2,1-3H3. The van der Waals surface area contributed by atoms with Crippen LogP contribution >= 0.6 is 0 Å². The normalized spacial score (nSPS) is 12.2. The molecule has 2 aromatic carbocycles. The minimum Gasteiger partial charge on any atom is -0.485 e.